The third kappa shape index (κ3) is 11.4. The van der Waals surface area contributed by atoms with E-state index < -0.39 is 83.7 Å². The second-order valence-electron chi connectivity index (χ2n) is 15.4. The number of esters is 2. The lowest BCUT2D eigenvalue weighted by Gasteiger charge is -2.25. The van der Waals surface area contributed by atoms with E-state index in [0.29, 0.717) is 22.3 Å². The average Bonchev–Trinajstić information content (AvgIpc) is 3.77. The summed E-state index contributed by atoms with van der Waals surface area (Å²) in [6.07, 6.45) is -11.3. The second-order valence-corrected chi connectivity index (χ2v) is 15.4. The number of carbonyl (C=O) groups excluding carboxylic acids is 4. The van der Waals surface area contributed by atoms with Crippen LogP contribution in [0, 0.1) is 0 Å². The van der Waals surface area contributed by atoms with E-state index in [1.807, 2.05) is 0 Å². The van der Waals surface area contributed by atoms with Gasteiger partial charge in [-0.25, -0.2) is 14.0 Å². The highest BCUT2D eigenvalue weighted by molar-refractivity contribution is 6.02. The van der Waals surface area contributed by atoms with Gasteiger partial charge in [0, 0.05) is 32.6 Å². The van der Waals surface area contributed by atoms with Crippen LogP contribution in [0.25, 0.3) is 0 Å². The molecule has 2 heterocycles. The first-order chi connectivity index (χ1) is 28.7. The van der Waals surface area contributed by atoms with Crippen LogP contribution in [0.15, 0.2) is 97.1 Å². The number of benzene rings is 4. The highest BCUT2D eigenvalue weighted by Crippen LogP contribution is 2.32. The van der Waals surface area contributed by atoms with Gasteiger partial charge in [0.05, 0.1) is 52.5 Å². The van der Waals surface area contributed by atoms with Crippen molar-refractivity contribution >= 4 is 23.8 Å². The summed E-state index contributed by atoms with van der Waals surface area (Å²) in [5.41, 5.74) is 0.221. The van der Waals surface area contributed by atoms with Gasteiger partial charge < -0.3 is 20.5 Å². The van der Waals surface area contributed by atoms with Crippen LogP contribution in [0.2, 0.25) is 0 Å². The lowest BCUT2D eigenvalue weighted by molar-refractivity contribution is -0.138. The number of β-amino-alcohol motifs (C(OH)–C–C–N with tert-alkyl or cyclic N) is 1. The Morgan fingerprint density at radius 1 is 0.656 bits per heavy atom. The summed E-state index contributed by atoms with van der Waals surface area (Å²) in [5, 5.41) is 16.0. The summed E-state index contributed by atoms with van der Waals surface area (Å²) < 4.78 is 98.9. The lowest BCUT2D eigenvalue weighted by Crippen LogP contribution is -2.43. The molecule has 0 spiro atoms. The van der Waals surface area contributed by atoms with E-state index >= 15 is 0 Å². The Bertz CT molecular complexity index is 2060. The van der Waals surface area contributed by atoms with E-state index in [9.17, 15) is 55.0 Å². The molecule has 2 amide bonds. The highest BCUT2D eigenvalue weighted by atomic mass is 19.4. The molecule has 2 aliphatic heterocycles. The summed E-state index contributed by atoms with van der Waals surface area (Å²) in [7, 11) is 0. The molecule has 6 rings (SSSR count). The molecule has 61 heavy (non-hydrogen) atoms. The molecule has 6 atom stereocenters. The standard InChI is InChI=1S/C44H43F7N4O6/c1-25(52-39(57)37-19-35(45)23-54(37)21-27-5-3-7-33(17-27)43(46,47)48)29-9-13-31(14-10-29)41(59)61-42(60)32-15-11-30(12-16-32)26(2)53-40(58)38-20-36(56)24-55(38)22-28-6-4-8-34(18-28)44(49,50)51/h3-18,25-26,35-38,56H,19-24H2,1-2H3,(H,52,57)(H,53,58)/t25-,26-,35-,36+,37+,38+/m0/s1. The maximum Gasteiger partial charge on any atom is 0.416 e. The van der Waals surface area contributed by atoms with Crippen LogP contribution in [0.1, 0.15) is 92.9 Å². The summed E-state index contributed by atoms with van der Waals surface area (Å²) >= 11 is 0. The molecule has 0 saturated carbocycles. The smallest absolute Gasteiger partial charge is 0.392 e. The number of rotatable bonds is 12. The quantitative estimate of drug-likeness (QED) is 0.0769. The second kappa shape index (κ2) is 18.5. The van der Waals surface area contributed by atoms with Gasteiger partial charge in [0.25, 0.3) is 0 Å². The van der Waals surface area contributed by atoms with Crippen LogP contribution in [0.4, 0.5) is 30.7 Å². The molecule has 4 aromatic rings. The molecular weight excluding hydrogens is 813 g/mol. The van der Waals surface area contributed by atoms with Crippen LogP contribution in [-0.2, 0) is 39.8 Å². The van der Waals surface area contributed by atoms with Gasteiger partial charge in [0.2, 0.25) is 11.8 Å². The number of aliphatic hydroxyl groups excluding tert-OH is 1. The lowest BCUT2D eigenvalue weighted by atomic mass is 10.0. The topological polar surface area (TPSA) is 128 Å². The normalized spacial score (nSPS) is 20.8. The Balaban J connectivity index is 0.991. The van der Waals surface area contributed by atoms with E-state index in [0.717, 1.165) is 24.3 Å². The molecule has 0 radical (unpaired) electrons. The summed E-state index contributed by atoms with van der Waals surface area (Å²) in [6, 6.07) is 18.4. The van der Waals surface area contributed by atoms with Gasteiger partial charge in [0.15, 0.2) is 0 Å². The number of carbonyl (C=O) groups is 4. The third-order valence-corrected chi connectivity index (χ3v) is 10.8. The minimum atomic E-state index is -4.55. The van der Waals surface area contributed by atoms with Crippen molar-refractivity contribution in [2.45, 2.75) is 88.6 Å². The number of ether oxygens (including phenoxy) is 1. The summed E-state index contributed by atoms with van der Waals surface area (Å²) in [4.78, 5) is 55.4. The van der Waals surface area contributed by atoms with Crippen molar-refractivity contribution in [1.82, 2.24) is 20.4 Å². The van der Waals surface area contributed by atoms with Crippen molar-refractivity contribution in [3.8, 4) is 0 Å². The molecule has 2 fully saturated rings. The number of nitrogens with zero attached hydrogens (tertiary/aromatic N) is 2. The largest absolute Gasteiger partial charge is 0.416 e. The Hall–Kier alpha value is -5.65. The number of alkyl halides is 7. The number of likely N-dealkylation sites (tertiary alicyclic amines) is 2. The van der Waals surface area contributed by atoms with Crippen molar-refractivity contribution in [3.63, 3.8) is 0 Å². The summed E-state index contributed by atoms with van der Waals surface area (Å²) in [5.74, 6) is -2.84. The van der Waals surface area contributed by atoms with E-state index in [2.05, 4.69) is 10.6 Å². The zero-order valence-electron chi connectivity index (χ0n) is 33.0. The van der Waals surface area contributed by atoms with Crippen LogP contribution < -0.4 is 10.6 Å². The Morgan fingerprint density at radius 2 is 1.07 bits per heavy atom. The van der Waals surface area contributed by atoms with Crippen LogP contribution in [-0.4, -0.2) is 76.1 Å². The molecule has 4 aromatic carbocycles. The first kappa shape index (κ1) is 44.9. The van der Waals surface area contributed by atoms with Crippen molar-refractivity contribution in [1.29, 1.82) is 0 Å². The van der Waals surface area contributed by atoms with Crippen LogP contribution in [0.5, 0.6) is 0 Å². The zero-order valence-corrected chi connectivity index (χ0v) is 33.0. The van der Waals surface area contributed by atoms with Gasteiger partial charge in [-0.1, -0.05) is 60.7 Å². The van der Waals surface area contributed by atoms with Crippen molar-refractivity contribution in [3.05, 3.63) is 142 Å². The van der Waals surface area contributed by atoms with Gasteiger partial charge in [-0.2, -0.15) is 26.3 Å². The Labute approximate surface area is 346 Å². The maximum absolute atomic E-state index is 14.5. The number of aliphatic hydroxyl groups is 1. The van der Waals surface area contributed by atoms with E-state index in [1.165, 1.54) is 53.4 Å². The monoisotopic (exact) mass is 856 g/mol. The maximum atomic E-state index is 14.5. The van der Waals surface area contributed by atoms with E-state index in [-0.39, 0.29) is 50.1 Å². The van der Waals surface area contributed by atoms with Gasteiger partial charge >= 0.3 is 24.3 Å². The molecule has 0 aromatic heterocycles. The fourth-order valence-corrected chi connectivity index (χ4v) is 7.59. The Kier molecular flexibility index (Phi) is 13.6. The van der Waals surface area contributed by atoms with Gasteiger partial charge in [-0.05, 0) is 78.9 Å². The predicted octanol–water partition coefficient (Wildman–Crippen LogP) is 7.32. The number of halogens is 7. The molecule has 3 N–H and O–H groups in total. The SMILES string of the molecule is C[C@H](NC(=O)[C@H]1C[C@@H](O)CN1Cc1cccc(C(F)(F)F)c1)c1ccc(C(=O)OC(=O)c2ccc([C@H](C)NC(=O)[C@H]3C[C@H](F)CN3Cc3cccc(C(F)(F)F)c3)cc2)cc1. The van der Waals surface area contributed by atoms with Crippen molar-refractivity contribution in [2.24, 2.45) is 0 Å². The minimum absolute atomic E-state index is 0.0203. The molecule has 0 bridgehead atoms. The zero-order chi connectivity index (χ0) is 44.2. The predicted molar refractivity (Wildman–Crippen MR) is 207 cm³/mol. The van der Waals surface area contributed by atoms with Crippen molar-refractivity contribution in [2.75, 3.05) is 13.1 Å². The number of hydrogen-bond donors (Lipinski definition) is 3. The van der Waals surface area contributed by atoms with Crippen LogP contribution in [0.3, 0.4) is 0 Å². The Morgan fingerprint density at radius 3 is 1.49 bits per heavy atom. The van der Waals surface area contributed by atoms with E-state index in [4.69, 9.17) is 4.74 Å². The number of hydrogen-bond acceptors (Lipinski definition) is 8. The molecule has 2 aliphatic rings. The van der Waals surface area contributed by atoms with Gasteiger partial charge in [-0.15, -0.1) is 0 Å². The van der Waals surface area contributed by atoms with Crippen molar-refractivity contribution < 1.29 is 59.8 Å². The molecule has 2 saturated heterocycles. The fourth-order valence-electron chi connectivity index (χ4n) is 7.59. The molecular formula is C44H43F7N4O6. The summed E-state index contributed by atoms with van der Waals surface area (Å²) in [6.45, 7) is 3.31. The number of nitrogens with one attached hydrogen (secondary N) is 2. The van der Waals surface area contributed by atoms with Gasteiger partial charge in [-0.3, -0.25) is 19.4 Å². The van der Waals surface area contributed by atoms with Gasteiger partial charge in [0.1, 0.15) is 6.17 Å². The fraction of sp³-hybridized carbons (Fsp3) is 0.364. The first-order valence-electron chi connectivity index (χ1n) is 19.4. The molecule has 0 unspecified atom stereocenters. The average molecular weight is 857 g/mol. The van der Waals surface area contributed by atoms with Crippen LogP contribution >= 0.6 is 0 Å². The highest BCUT2D eigenvalue weighted by Gasteiger charge is 2.39. The first-order valence-corrected chi connectivity index (χ1v) is 19.4. The third-order valence-electron chi connectivity index (χ3n) is 10.8. The molecule has 17 heteroatoms. The van der Waals surface area contributed by atoms with E-state index in [1.54, 1.807) is 43.0 Å². The molecule has 0 aliphatic carbocycles. The number of amides is 2. The minimum Gasteiger partial charge on any atom is -0.392 e. The molecule has 324 valence electrons. The molecule has 10 nitrogen and oxygen atoms in total.